The molecule has 20 heteroatoms. The van der Waals surface area contributed by atoms with Crippen LogP contribution in [-0.2, 0) is 52.6 Å². The van der Waals surface area contributed by atoms with Crippen LogP contribution in [0.1, 0.15) is 98.3 Å². The van der Waals surface area contributed by atoms with Crippen LogP contribution in [0.3, 0.4) is 0 Å². The van der Waals surface area contributed by atoms with Crippen LogP contribution in [0.4, 0.5) is 0 Å². The molecule has 0 aromatic rings. The Morgan fingerprint density at radius 2 is 0.966 bits per heavy atom. The van der Waals surface area contributed by atoms with E-state index in [0.717, 1.165) is 12.2 Å². The van der Waals surface area contributed by atoms with Crippen molar-refractivity contribution >= 4 is 47.3 Å². The van der Waals surface area contributed by atoms with Crippen molar-refractivity contribution in [3.63, 3.8) is 0 Å². The highest BCUT2D eigenvalue weighted by Crippen LogP contribution is 2.10. The van der Waals surface area contributed by atoms with Gasteiger partial charge in [-0.2, -0.15) is 0 Å². The third-order valence-corrected chi connectivity index (χ3v) is 8.66. The molecule has 0 spiro atoms. The van der Waals surface area contributed by atoms with E-state index in [1.54, 1.807) is 20.8 Å². The van der Waals surface area contributed by atoms with Crippen LogP contribution in [-0.4, -0.2) is 136 Å². The number of hydroxylamine groups is 6. The van der Waals surface area contributed by atoms with Crippen LogP contribution >= 0.6 is 0 Å². The highest BCUT2D eigenvalue weighted by atomic mass is 16.5. The predicted molar refractivity (Wildman–Crippen MR) is 204 cm³/mol. The molecule has 1 aliphatic heterocycles. The lowest BCUT2D eigenvalue weighted by atomic mass is 10.1. The zero-order valence-electron chi connectivity index (χ0n) is 33.8. The van der Waals surface area contributed by atoms with Crippen molar-refractivity contribution in [3.05, 3.63) is 34.9 Å². The van der Waals surface area contributed by atoms with Gasteiger partial charge in [-0.15, -0.1) is 0 Å². The molecule has 58 heavy (non-hydrogen) atoms. The van der Waals surface area contributed by atoms with Crippen molar-refractivity contribution in [2.24, 2.45) is 11.5 Å². The van der Waals surface area contributed by atoms with E-state index in [0.29, 0.717) is 31.9 Å². The minimum Gasteiger partial charge on any atom is -0.464 e. The molecular weight excluding hydrogens is 764 g/mol. The van der Waals surface area contributed by atoms with Crippen LogP contribution in [0.5, 0.6) is 0 Å². The number of cyclic esters (lactones) is 3. The number of rotatable bonds is 4. The van der Waals surface area contributed by atoms with E-state index in [9.17, 15) is 54.0 Å². The summed E-state index contributed by atoms with van der Waals surface area (Å²) in [4.78, 5) is 98.9. The van der Waals surface area contributed by atoms with Gasteiger partial charge < -0.3 is 35.8 Å². The maximum atomic E-state index is 13.0. The summed E-state index contributed by atoms with van der Waals surface area (Å²) in [7, 11) is 0. The van der Waals surface area contributed by atoms with E-state index in [2.05, 4.69) is 5.32 Å². The highest BCUT2D eigenvalue weighted by molar-refractivity contribution is 5.89. The topological polar surface area (TPSA) is 299 Å². The molecule has 0 aromatic heterocycles. The van der Waals surface area contributed by atoms with E-state index in [4.69, 9.17) is 25.7 Å². The first-order chi connectivity index (χ1) is 27.3. The molecule has 0 bridgehead atoms. The fourth-order valence-electron chi connectivity index (χ4n) is 5.06. The van der Waals surface area contributed by atoms with Gasteiger partial charge in [0.05, 0.1) is 19.8 Å². The Balaban J connectivity index is 3.04. The molecule has 1 aliphatic rings. The van der Waals surface area contributed by atoms with Gasteiger partial charge in [-0.1, -0.05) is 16.7 Å². The Bertz CT molecular complexity index is 1530. The molecule has 0 fully saturated rings. The molecule has 3 atom stereocenters. The summed E-state index contributed by atoms with van der Waals surface area (Å²) in [5.41, 5.74) is 13.2. The Labute approximate surface area is 338 Å². The van der Waals surface area contributed by atoms with Crippen LogP contribution < -0.4 is 16.8 Å². The van der Waals surface area contributed by atoms with Gasteiger partial charge in [0.2, 0.25) is 5.91 Å². The van der Waals surface area contributed by atoms with Crippen LogP contribution in [0.2, 0.25) is 0 Å². The van der Waals surface area contributed by atoms with Gasteiger partial charge in [-0.05, 0) is 66.2 Å². The fourth-order valence-corrected chi connectivity index (χ4v) is 5.06. The molecule has 0 aromatic carbocycles. The zero-order chi connectivity index (χ0) is 43.8. The number of Topliss-reactive ketones (excluding diaryl/α,β-unsaturated/α-hetero) is 1. The first-order valence-corrected chi connectivity index (χ1v) is 19.1. The molecule has 8 N–H and O–H groups in total. The molecule has 1 rings (SSSR count). The maximum Gasteiger partial charge on any atom is 0.328 e. The van der Waals surface area contributed by atoms with Crippen LogP contribution in [0, 0.1) is 0 Å². The smallest absolute Gasteiger partial charge is 0.328 e. The summed E-state index contributed by atoms with van der Waals surface area (Å²) in [6.45, 7) is 5.12. The first-order valence-electron chi connectivity index (χ1n) is 19.1. The molecule has 20 nitrogen and oxygen atoms in total. The third-order valence-electron chi connectivity index (χ3n) is 8.66. The summed E-state index contributed by atoms with van der Waals surface area (Å²) >= 11 is 0. The van der Waals surface area contributed by atoms with E-state index in [1.165, 1.54) is 13.0 Å². The van der Waals surface area contributed by atoms with Gasteiger partial charge in [0, 0.05) is 70.0 Å². The second-order valence-electron chi connectivity index (χ2n) is 14.1. The fraction of sp³-hybridized carbons (Fsp3) is 0.632. The lowest BCUT2D eigenvalue weighted by Gasteiger charge is -2.19. The minimum absolute atomic E-state index is 0.0434. The molecule has 0 saturated carbocycles. The minimum atomic E-state index is -1.19. The lowest BCUT2D eigenvalue weighted by Crippen LogP contribution is -2.42. The van der Waals surface area contributed by atoms with E-state index in [-0.39, 0.29) is 116 Å². The van der Waals surface area contributed by atoms with Gasteiger partial charge in [-0.25, -0.2) is 20.0 Å². The first kappa shape index (κ1) is 51.0. The number of hydrogen-bond donors (Lipinski definition) is 6. The number of nitrogens with zero attached hydrogens (tertiary/aromatic N) is 3. The Morgan fingerprint density at radius 1 is 0.621 bits per heavy atom. The van der Waals surface area contributed by atoms with Crippen molar-refractivity contribution < 1.29 is 68.2 Å². The standard InChI is InChI=1S/C38H60N6O14/c1-25-13-19-56-36(50)30(40)9-6-17-43(54)34(48)24-27(3)15-21-58-38(52)31(41-32(46)12-11-28(4)45)10-7-18-44(55)35(49)23-26(2)14-20-57-37(51)29(39)8-5-16-42(53)33(47)22-25/h22-24,29-31,53-55H,5-21,39-40H2,1-4H3,(H,41,46)/b25-22-,26-23-,27-24-. The van der Waals surface area contributed by atoms with Crippen molar-refractivity contribution in [2.75, 3.05) is 39.5 Å². The molecule has 326 valence electrons. The number of carbonyl (C=O) groups excluding carboxylic acids is 8. The average Bonchev–Trinajstić information content (AvgIpc) is 3.15. The van der Waals surface area contributed by atoms with E-state index >= 15 is 0 Å². The number of nitrogens with one attached hydrogen (secondary N) is 1. The number of esters is 3. The number of ether oxygens (including phenoxy) is 3. The lowest BCUT2D eigenvalue weighted by molar-refractivity contribution is -0.160. The molecule has 0 radical (unpaired) electrons. The predicted octanol–water partition coefficient (Wildman–Crippen LogP) is 1.14. The monoisotopic (exact) mass is 824 g/mol. The number of ketones is 1. The molecule has 0 saturated heterocycles. The Hall–Kier alpha value is -5.02. The SMILES string of the molecule is CC(=O)CCC(=O)NC1CCCN(O)C(=O)/C=C(/C)CCOC(=O)C(N)CCCN(O)C(=O)/C=C(/C)CCOC(=O)C(N)CCCN(O)C(=O)/C=C(/C)CCOC1=O. The van der Waals surface area contributed by atoms with Gasteiger partial charge in [0.15, 0.2) is 0 Å². The zero-order valence-corrected chi connectivity index (χ0v) is 33.8. The number of carbonyl (C=O) groups is 8. The average molecular weight is 825 g/mol. The Kier molecular flexibility index (Phi) is 24.3. The second kappa shape index (κ2) is 27.6. The van der Waals surface area contributed by atoms with Gasteiger partial charge in [0.25, 0.3) is 17.7 Å². The number of hydrogen-bond acceptors (Lipinski definition) is 16. The van der Waals surface area contributed by atoms with E-state index in [1.807, 2.05) is 0 Å². The van der Waals surface area contributed by atoms with Crippen molar-refractivity contribution in [1.82, 2.24) is 20.5 Å². The maximum absolute atomic E-state index is 13.0. The van der Waals surface area contributed by atoms with Crippen molar-refractivity contribution in [3.8, 4) is 0 Å². The summed E-state index contributed by atoms with van der Waals surface area (Å²) in [6.07, 6.45) is 4.07. The third kappa shape index (κ3) is 22.1. The summed E-state index contributed by atoms with van der Waals surface area (Å²) in [5.74, 6) is -5.38. The highest BCUT2D eigenvalue weighted by Gasteiger charge is 2.24. The summed E-state index contributed by atoms with van der Waals surface area (Å²) in [5, 5.41) is 34.5. The van der Waals surface area contributed by atoms with Gasteiger partial charge >= 0.3 is 17.9 Å². The molecular formula is C38H60N6O14. The largest absolute Gasteiger partial charge is 0.464 e. The van der Waals surface area contributed by atoms with Crippen LogP contribution in [0.15, 0.2) is 34.9 Å². The second-order valence-corrected chi connectivity index (χ2v) is 14.1. The van der Waals surface area contributed by atoms with Crippen LogP contribution in [0.25, 0.3) is 0 Å². The van der Waals surface area contributed by atoms with E-state index < -0.39 is 59.7 Å². The number of nitrogens with two attached hydrogens (primary N) is 2. The summed E-state index contributed by atoms with van der Waals surface area (Å²) in [6, 6.07) is -3.29. The molecule has 1 heterocycles. The Morgan fingerprint density at radius 3 is 1.33 bits per heavy atom. The summed E-state index contributed by atoms with van der Waals surface area (Å²) < 4.78 is 15.7. The van der Waals surface area contributed by atoms with Gasteiger partial charge in [-0.3, -0.25) is 44.4 Å². The molecule has 4 amide bonds. The molecule has 0 aliphatic carbocycles. The quantitative estimate of drug-likeness (QED) is 0.132. The van der Waals surface area contributed by atoms with Crippen molar-refractivity contribution in [2.45, 2.75) is 116 Å². The van der Waals surface area contributed by atoms with Crippen molar-refractivity contribution in [1.29, 1.82) is 0 Å². The number of amides is 4. The molecule has 3 unspecified atom stereocenters. The normalized spacial score (nSPS) is 25.5. The van der Waals surface area contributed by atoms with Gasteiger partial charge in [0.1, 0.15) is 23.9 Å².